The predicted molar refractivity (Wildman–Crippen MR) is 117 cm³/mol. The van der Waals surface area contributed by atoms with Crippen LogP contribution < -0.4 is 15.1 Å². The third kappa shape index (κ3) is 3.83. The molecule has 2 atom stereocenters. The Balaban J connectivity index is 1.40. The van der Waals surface area contributed by atoms with Crippen molar-refractivity contribution in [1.29, 1.82) is 0 Å². The predicted octanol–water partition coefficient (Wildman–Crippen LogP) is 2.80. The smallest absolute Gasteiger partial charge is 0.225 e. The number of hydrogen-bond donors (Lipinski definition) is 1. The number of nitrogens with one attached hydrogen (secondary N) is 1. The summed E-state index contributed by atoms with van der Waals surface area (Å²) < 4.78 is 14.0. The molecular weight excluding hydrogens is 393 g/mol. The normalized spacial score (nSPS) is 20.0. The Morgan fingerprint density at radius 1 is 1.10 bits per heavy atom. The Morgan fingerprint density at radius 3 is 2.77 bits per heavy atom. The second-order valence-electron chi connectivity index (χ2n) is 8.02. The van der Waals surface area contributed by atoms with Crippen molar-refractivity contribution in [3.05, 3.63) is 84.1 Å². The van der Waals surface area contributed by atoms with Gasteiger partial charge in [0.25, 0.3) is 0 Å². The second kappa shape index (κ2) is 8.34. The quantitative estimate of drug-likeness (QED) is 0.707. The van der Waals surface area contributed by atoms with E-state index in [1.54, 1.807) is 36.8 Å². The van der Waals surface area contributed by atoms with Crippen LogP contribution in [0.3, 0.4) is 0 Å². The Morgan fingerprint density at radius 2 is 1.94 bits per heavy atom. The summed E-state index contributed by atoms with van der Waals surface area (Å²) in [6.07, 6.45) is 5.78. The van der Waals surface area contributed by atoms with E-state index >= 15 is 0 Å². The van der Waals surface area contributed by atoms with E-state index in [1.807, 2.05) is 12.1 Å². The van der Waals surface area contributed by atoms with Gasteiger partial charge in [-0.05, 0) is 24.1 Å². The van der Waals surface area contributed by atoms with E-state index in [1.165, 1.54) is 17.3 Å². The monoisotopic (exact) mass is 417 g/mol. The number of carbonyl (C=O) groups excluding carboxylic acids is 1. The van der Waals surface area contributed by atoms with Crippen LogP contribution in [0.25, 0.3) is 0 Å². The highest BCUT2D eigenvalue weighted by Crippen LogP contribution is 2.36. The van der Waals surface area contributed by atoms with Gasteiger partial charge in [-0.25, -0.2) is 9.37 Å². The van der Waals surface area contributed by atoms with Gasteiger partial charge in [0.05, 0.1) is 18.2 Å². The molecule has 1 aromatic heterocycles. The lowest BCUT2D eigenvalue weighted by Gasteiger charge is -2.49. The summed E-state index contributed by atoms with van der Waals surface area (Å²) in [6, 6.07) is 14.8. The summed E-state index contributed by atoms with van der Waals surface area (Å²) in [5.41, 5.74) is 2.87. The molecule has 6 nitrogen and oxygen atoms in total. The molecule has 0 saturated carbocycles. The fourth-order valence-corrected chi connectivity index (χ4v) is 4.68. The molecule has 1 saturated heterocycles. The number of piperazine rings is 1. The molecule has 3 aromatic rings. The maximum Gasteiger partial charge on any atom is 0.225 e. The minimum Gasteiger partial charge on any atom is -0.364 e. The average molecular weight is 417 g/mol. The van der Waals surface area contributed by atoms with Crippen molar-refractivity contribution < 1.29 is 9.18 Å². The molecule has 3 heterocycles. The highest BCUT2D eigenvalue weighted by atomic mass is 19.1. The van der Waals surface area contributed by atoms with Gasteiger partial charge >= 0.3 is 0 Å². The van der Waals surface area contributed by atoms with Crippen LogP contribution in [-0.4, -0.2) is 41.6 Å². The van der Waals surface area contributed by atoms with E-state index in [2.05, 4.69) is 37.2 Å². The summed E-state index contributed by atoms with van der Waals surface area (Å²) >= 11 is 0. The molecule has 1 N–H and O–H groups in total. The summed E-state index contributed by atoms with van der Waals surface area (Å²) in [5.74, 6) is 0.242. The molecule has 1 amide bonds. The Labute approximate surface area is 180 Å². The van der Waals surface area contributed by atoms with Crippen LogP contribution in [-0.2, 0) is 17.8 Å². The highest BCUT2D eigenvalue weighted by Gasteiger charge is 2.41. The molecule has 158 valence electrons. The number of carbonyl (C=O) groups is 1. The minimum absolute atomic E-state index is 0.00581. The number of para-hydroxylation sites is 1. The SMILES string of the molecule is O=C(NCc1ccccc1F)[C@@H]1Cc2ccccc2N2CCN(c3cnccn3)C[C@@H]12. The maximum absolute atomic E-state index is 14.0. The van der Waals surface area contributed by atoms with Crippen molar-refractivity contribution in [3.63, 3.8) is 0 Å². The number of nitrogens with zero attached hydrogens (tertiary/aromatic N) is 4. The van der Waals surface area contributed by atoms with E-state index in [9.17, 15) is 9.18 Å². The lowest BCUT2D eigenvalue weighted by atomic mass is 9.83. The number of amides is 1. The largest absolute Gasteiger partial charge is 0.364 e. The number of fused-ring (bicyclic) bond motifs is 3. The standard InChI is InChI=1S/C24H24FN5O/c25-20-7-3-1-6-18(20)14-28-24(31)19-13-17-5-2-4-8-21(17)30-12-11-29(16-22(19)30)23-15-26-9-10-27-23/h1-10,15,19,22H,11-14,16H2,(H,28,31)/t19-,22+/m1/s1. The van der Waals surface area contributed by atoms with Crippen LogP contribution in [0.2, 0.25) is 0 Å². The van der Waals surface area contributed by atoms with Gasteiger partial charge in [-0.2, -0.15) is 0 Å². The van der Waals surface area contributed by atoms with Crippen LogP contribution in [0.4, 0.5) is 15.9 Å². The van der Waals surface area contributed by atoms with Gasteiger partial charge in [0, 0.05) is 49.8 Å². The summed E-state index contributed by atoms with van der Waals surface area (Å²) in [7, 11) is 0. The molecule has 7 heteroatoms. The van der Waals surface area contributed by atoms with E-state index in [0.29, 0.717) is 18.5 Å². The minimum atomic E-state index is -0.301. The lowest BCUT2D eigenvalue weighted by Crippen LogP contribution is -2.61. The first-order valence-electron chi connectivity index (χ1n) is 10.6. The van der Waals surface area contributed by atoms with Gasteiger partial charge in [0.15, 0.2) is 0 Å². The topological polar surface area (TPSA) is 61.4 Å². The number of anilines is 2. The molecule has 2 aliphatic rings. The van der Waals surface area contributed by atoms with E-state index in [4.69, 9.17) is 0 Å². The molecular formula is C24H24FN5O. The Kier molecular flexibility index (Phi) is 5.24. The van der Waals surface area contributed by atoms with Crippen molar-refractivity contribution in [2.75, 3.05) is 29.4 Å². The third-order valence-electron chi connectivity index (χ3n) is 6.25. The molecule has 2 aliphatic heterocycles. The van der Waals surface area contributed by atoms with E-state index < -0.39 is 0 Å². The number of rotatable bonds is 4. The van der Waals surface area contributed by atoms with Crippen LogP contribution in [0, 0.1) is 11.7 Å². The van der Waals surface area contributed by atoms with Gasteiger partial charge in [-0.3, -0.25) is 9.78 Å². The van der Waals surface area contributed by atoms with Crippen molar-refractivity contribution >= 4 is 17.4 Å². The molecule has 2 aromatic carbocycles. The maximum atomic E-state index is 14.0. The molecule has 0 unspecified atom stereocenters. The number of halogens is 1. The third-order valence-corrected chi connectivity index (χ3v) is 6.25. The fourth-order valence-electron chi connectivity index (χ4n) is 4.68. The zero-order valence-electron chi connectivity index (χ0n) is 17.1. The van der Waals surface area contributed by atoms with Crippen LogP contribution in [0.15, 0.2) is 67.1 Å². The van der Waals surface area contributed by atoms with Gasteiger partial charge in [-0.15, -0.1) is 0 Å². The summed E-state index contributed by atoms with van der Waals surface area (Å²) in [5, 5.41) is 2.98. The number of hydrogen-bond acceptors (Lipinski definition) is 5. The van der Waals surface area contributed by atoms with Crippen molar-refractivity contribution in [2.24, 2.45) is 5.92 Å². The van der Waals surface area contributed by atoms with Crippen LogP contribution in [0.1, 0.15) is 11.1 Å². The summed E-state index contributed by atoms with van der Waals surface area (Å²) in [4.78, 5) is 26.5. The molecule has 0 radical (unpaired) electrons. The molecule has 31 heavy (non-hydrogen) atoms. The van der Waals surface area contributed by atoms with Gasteiger partial charge in [0.2, 0.25) is 5.91 Å². The average Bonchev–Trinajstić information content (AvgIpc) is 2.83. The first-order chi connectivity index (χ1) is 15.2. The van der Waals surface area contributed by atoms with Gasteiger partial charge in [-0.1, -0.05) is 36.4 Å². The number of aromatic nitrogens is 2. The zero-order valence-corrected chi connectivity index (χ0v) is 17.1. The van der Waals surface area contributed by atoms with Gasteiger partial charge < -0.3 is 15.1 Å². The van der Waals surface area contributed by atoms with Crippen molar-refractivity contribution in [1.82, 2.24) is 15.3 Å². The zero-order chi connectivity index (χ0) is 21.2. The van der Waals surface area contributed by atoms with Gasteiger partial charge in [0.1, 0.15) is 11.6 Å². The highest BCUT2D eigenvalue weighted by molar-refractivity contribution is 5.82. The van der Waals surface area contributed by atoms with Crippen molar-refractivity contribution in [3.8, 4) is 0 Å². The lowest BCUT2D eigenvalue weighted by molar-refractivity contribution is -0.126. The number of benzene rings is 2. The van der Waals surface area contributed by atoms with Crippen molar-refractivity contribution in [2.45, 2.75) is 19.0 Å². The van der Waals surface area contributed by atoms with Crippen LogP contribution in [0.5, 0.6) is 0 Å². The first kappa shape index (κ1) is 19.5. The first-order valence-corrected chi connectivity index (χ1v) is 10.6. The molecule has 5 rings (SSSR count). The summed E-state index contributed by atoms with van der Waals surface area (Å²) in [6.45, 7) is 2.48. The molecule has 0 aliphatic carbocycles. The molecule has 1 fully saturated rings. The fraction of sp³-hybridized carbons (Fsp3) is 0.292. The van der Waals surface area contributed by atoms with E-state index in [-0.39, 0.29) is 30.2 Å². The van der Waals surface area contributed by atoms with Crippen LogP contribution >= 0.6 is 0 Å². The van der Waals surface area contributed by atoms with E-state index in [0.717, 1.165) is 18.9 Å². The molecule has 0 bridgehead atoms. The Bertz CT molecular complexity index is 1080. The Hall–Kier alpha value is -3.48. The molecule has 0 spiro atoms. The second-order valence-corrected chi connectivity index (χ2v) is 8.02.